The highest BCUT2D eigenvalue weighted by molar-refractivity contribution is 14.0. The van der Waals surface area contributed by atoms with Crippen LogP contribution in [0.1, 0.15) is 12.5 Å². The number of guanidine groups is 1. The molecule has 1 fully saturated rings. The molecule has 0 aliphatic carbocycles. The van der Waals surface area contributed by atoms with Crippen molar-refractivity contribution in [1.82, 2.24) is 20.5 Å². The zero-order valence-corrected chi connectivity index (χ0v) is 19.7. The standard InChI is InChI=1S/C19H28FN5O2S.HI/c1-2-21-19(23-7-8-25-9-11-28(26,27)12-10-25)22-6-5-15-14-24-18-13-16(20)3-4-17(15)18;/h3-4,13-14,24H,2,5-12H2,1H3,(H2,21,22,23);1H. The van der Waals surface area contributed by atoms with Crippen LogP contribution in [-0.4, -0.2) is 75.0 Å². The molecular formula is C19H29FIN5O2S. The summed E-state index contributed by atoms with van der Waals surface area (Å²) in [4.78, 5) is 9.83. The molecule has 0 spiro atoms. The molecule has 29 heavy (non-hydrogen) atoms. The lowest BCUT2D eigenvalue weighted by molar-refractivity contribution is 0.304. The van der Waals surface area contributed by atoms with Gasteiger partial charge in [0.25, 0.3) is 0 Å². The topological polar surface area (TPSA) is 89.6 Å². The van der Waals surface area contributed by atoms with Gasteiger partial charge in [-0.3, -0.25) is 9.89 Å². The number of hydrogen-bond acceptors (Lipinski definition) is 4. The van der Waals surface area contributed by atoms with E-state index in [4.69, 9.17) is 0 Å². The summed E-state index contributed by atoms with van der Waals surface area (Å²) in [7, 11) is -2.84. The normalized spacial score (nSPS) is 17.1. The van der Waals surface area contributed by atoms with E-state index in [0.29, 0.717) is 26.2 Å². The molecule has 0 unspecified atom stereocenters. The average Bonchev–Trinajstić information content (AvgIpc) is 3.05. The van der Waals surface area contributed by atoms with Crippen LogP contribution in [0, 0.1) is 5.82 Å². The van der Waals surface area contributed by atoms with Gasteiger partial charge >= 0.3 is 0 Å². The quantitative estimate of drug-likeness (QED) is 0.285. The number of sulfone groups is 1. The molecule has 1 saturated heterocycles. The fraction of sp³-hybridized carbons (Fsp3) is 0.526. The second-order valence-corrected chi connectivity index (χ2v) is 9.24. The first-order valence-electron chi connectivity index (χ1n) is 9.67. The number of aromatic amines is 1. The number of nitrogens with one attached hydrogen (secondary N) is 3. The van der Waals surface area contributed by atoms with Crippen molar-refractivity contribution in [3.05, 3.63) is 35.8 Å². The van der Waals surface area contributed by atoms with Crippen molar-refractivity contribution in [2.24, 2.45) is 4.99 Å². The highest BCUT2D eigenvalue weighted by Crippen LogP contribution is 2.19. The Morgan fingerprint density at radius 3 is 2.76 bits per heavy atom. The van der Waals surface area contributed by atoms with Crippen LogP contribution < -0.4 is 10.6 Å². The molecule has 3 rings (SSSR count). The van der Waals surface area contributed by atoms with E-state index >= 15 is 0 Å². The summed E-state index contributed by atoms with van der Waals surface area (Å²) >= 11 is 0. The summed E-state index contributed by atoms with van der Waals surface area (Å²) in [5.41, 5.74) is 1.94. The molecule has 0 radical (unpaired) electrons. The lowest BCUT2D eigenvalue weighted by Gasteiger charge is -2.25. The van der Waals surface area contributed by atoms with Gasteiger partial charge < -0.3 is 15.6 Å². The van der Waals surface area contributed by atoms with Crippen LogP contribution in [0.2, 0.25) is 0 Å². The third-order valence-corrected chi connectivity index (χ3v) is 6.49. The zero-order valence-electron chi connectivity index (χ0n) is 16.6. The maximum Gasteiger partial charge on any atom is 0.191 e. The molecule has 2 aromatic rings. The van der Waals surface area contributed by atoms with Crippen molar-refractivity contribution in [2.75, 3.05) is 50.8 Å². The molecular weight excluding hydrogens is 508 g/mol. The monoisotopic (exact) mass is 537 g/mol. The van der Waals surface area contributed by atoms with E-state index in [-0.39, 0.29) is 41.3 Å². The lowest BCUT2D eigenvalue weighted by Crippen LogP contribution is -2.42. The Morgan fingerprint density at radius 1 is 1.28 bits per heavy atom. The highest BCUT2D eigenvalue weighted by atomic mass is 127. The largest absolute Gasteiger partial charge is 0.361 e. The van der Waals surface area contributed by atoms with Crippen molar-refractivity contribution >= 4 is 50.7 Å². The summed E-state index contributed by atoms with van der Waals surface area (Å²) in [6.07, 6.45) is 2.71. The van der Waals surface area contributed by atoms with Gasteiger partial charge in [-0.15, -0.1) is 24.0 Å². The van der Waals surface area contributed by atoms with Crippen LogP contribution in [0.4, 0.5) is 4.39 Å². The fourth-order valence-corrected chi connectivity index (χ4v) is 4.58. The third-order valence-electron chi connectivity index (χ3n) is 4.88. The van der Waals surface area contributed by atoms with Gasteiger partial charge in [0.2, 0.25) is 0 Å². The van der Waals surface area contributed by atoms with Crippen LogP contribution in [0.15, 0.2) is 29.4 Å². The fourth-order valence-electron chi connectivity index (χ4n) is 3.30. The van der Waals surface area contributed by atoms with Crippen LogP contribution in [0.3, 0.4) is 0 Å². The number of rotatable bonds is 7. The Morgan fingerprint density at radius 2 is 2.03 bits per heavy atom. The second-order valence-electron chi connectivity index (χ2n) is 6.93. The van der Waals surface area contributed by atoms with E-state index in [0.717, 1.165) is 41.9 Å². The van der Waals surface area contributed by atoms with Crippen LogP contribution >= 0.6 is 24.0 Å². The van der Waals surface area contributed by atoms with Crippen molar-refractivity contribution in [3.8, 4) is 0 Å². The summed E-state index contributed by atoms with van der Waals surface area (Å²) in [5.74, 6) is 0.984. The number of hydrogen-bond donors (Lipinski definition) is 3. The van der Waals surface area contributed by atoms with Gasteiger partial charge in [-0.05, 0) is 37.1 Å². The minimum Gasteiger partial charge on any atom is -0.361 e. The minimum atomic E-state index is -2.84. The predicted molar refractivity (Wildman–Crippen MR) is 126 cm³/mol. The van der Waals surface area contributed by atoms with Crippen molar-refractivity contribution in [2.45, 2.75) is 13.3 Å². The Bertz CT molecular complexity index is 918. The molecule has 1 aromatic heterocycles. The van der Waals surface area contributed by atoms with E-state index < -0.39 is 9.84 Å². The number of nitrogens with zero attached hydrogens (tertiary/aromatic N) is 2. The lowest BCUT2D eigenvalue weighted by atomic mass is 10.1. The number of H-pyrrole nitrogens is 1. The van der Waals surface area contributed by atoms with Crippen LogP contribution in [0.25, 0.3) is 10.9 Å². The molecule has 0 atom stereocenters. The van der Waals surface area contributed by atoms with Crippen molar-refractivity contribution in [1.29, 1.82) is 0 Å². The molecule has 162 valence electrons. The van der Waals surface area contributed by atoms with Crippen molar-refractivity contribution in [3.63, 3.8) is 0 Å². The smallest absolute Gasteiger partial charge is 0.191 e. The Hall–Kier alpha value is -1.40. The van der Waals surface area contributed by atoms with Crippen LogP contribution in [-0.2, 0) is 16.3 Å². The van der Waals surface area contributed by atoms with E-state index in [2.05, 4.69) is 25.5 Å². The maximum atomic E-state index is 13.3. The first kappa shape index (κ1) is 23.9. The second kappa shape index (κ2) is 11.1. The predicted octanol–water partition coefficient (Wildman–Crippen LogP) is 1.75. The van der Waals surface area contributed by atoms with E-state index in [1.165, 1.54) is 12.1 Å². The van der Waals surface area contributed by atoms with Gasteiger partial charge in [0.1, 0.15) is 5.82 Å². The number of halogens is 2. The number of fused-ring (bicyclic) bond motifs is 1. The van der Waals surface area contributed by atoms with Crippen molar-refractivity contribution < 1.29 is 12.8 Å². The summed E-state index contributed by atoms with van der Waals surface area (Å²) in [5, 5.41) is 7.58. The van der Waals surface area contributed by atoms with Gasteiger partial charge in [0, 0.05) is 49.8 Å². The molecule has 10 heteroatoms. The number of aromatic nitrogens is 1. The molecule has 3 N–H and O–H groups in total. The maximum absolute atomic E-state index is 13.3. The molecule has 2 heterocycles. The molecule has 1 aliphatic rings. The molecule has 1 aliphatic heterocycles. The third kappa shape index (κ3) is 7.10. The Kier molecular flexibility index (Phi) is 9.15. The SMILES string of the molecule is CCNC(=NCCN1CCS(=O)(=O)CC1)NCCc1c[nH]c2cc(F)ccc12.I. The first-order chi connectivity index (χ1) is 13.5. The van der Waals surface area contributed by atoms with Gasteiger partial charge in [0.05, 0.1) is 18.1 Å². The molecule has 0 amide bonds. The zero-order chi connectivity index (χ0) is 20.0. The average molecular weight is 537 g/mol. The summed E-state index contributed by atoms with van der Waals surface area (Å²) < 4.78 is 36.3. The number of benzene rings is 1. The summed E-state index contributed by atoms with van der Waals surface area (Å²) in [6.45, 7) is 6.02. The van der Waals surface area contributed by atoms with Gasteiger partial charge in [-0.1, -0.05) is 0 Å². The summed E-state index contributed by atoms with van der Waals surface area (Å²) in [6, 6.07) is 4.78. The molecule has 0 bridgehead atoms. The van der Waals surface area contributed by atoms with Gasteiger partial charge in [-0.25, -0.2) is 12.8 Å². The Balaban J connectivity index is 0.00000300. The molecule has 7 nitrogen and oxygen atoms in total. The minimum absolute atomic E-state index is 0. The molecule has 0 saturated carbocycles. The van der Waals surface area contributed by atoms with Gasteiger partial charge in [-0.2, -0.15) is 0 Å². The van der Waals surface area contributed by atoms with Crippen LogP contribution in [0.5, 0.6) is 0 Å². The first-order valence-corrected chi connectivity index (χ1v) is 11.5. The number of aliphatic imine (C=N–C) groups is 1. The van der Waals surface area contributed by atoms with E-state index in [1.54, 1.807) is 6.07 Å². The Labute approximate surface area is 188 Å². The van der Waals surface area contributed by atoms with Gasteiger partial charge in [0.15, 0.2) is 15.8 Å². The highest BCUT2D eigenvalue weighted by Gasteiger charge is 2.20. The van der Waals surface area contributed by atoms with E-state index in [1.807, 2.05) is 13.1 Å². The van der Waals surface area contributed by atoms with E-state index in [9.17, 15) is 12.8 Å². The molecule has 1 aromatic carbocycles.